The monoisotopic (exact) mass is 298 g/mol. The van der Waals surface area contributed by atoms with Gasteiger partial charge in [-0.1, -0.05) is 49.5 Å². The van der Waals surface area contributed by atoms with E-state index in [4.69, 9.17) is 17.2 Å². The highest BCUT2D eigenvalue weighted by atomic mass is 32.1. The number of hydrogen-bond donors (Lipinski definition) is 0. The summed E-state index contributed by atoms with van der Waals surface area (Å²) in [4.78, 5) is 4.80. The number of fused-ring (bicyclic) bond motifs is 1. The Kier molecular flexibility index (Phi) is 4.20. The lowest BCUT2D eigenvalue weighted by molar-refractivity contribution is 0.484. The van der Waals surface area contributed by atoms with Crippen LogP contribution in [0.4, 0.5) is 0 Å². The zero-order valence-electron chi connectivity index (χ0n) is 12.8. The largest absolute Gasteiger partial charge is 0.326 e. The van der Waals surface area contributed by atoms with Gasteiger partial charge in [0.1, 0.15) is 10.5 Å². The first-order valence-corrected chi connectivity index (χ1v) is 8.33. The molecule has 1 atom stereocenters. The molecule has 0 spiro atoms. The predicted octanol–water partition coefficient (Wildman–Crippen LogP) is 5.13. The summed E-state index contributed by atoms with van der Waals surface area (Å²) >= 11 is 5.58. The summed E-state index contributed by atoms with van der Waals surface area (Å²) in [6.07, 6.45) is 5.83. The summed E-state index contributed by atoms with van der Waals surface area (Å²) in [7, 11) is 0. The van der Waals surface area contributed by atoms with Crippen molar-refractivity contribution in [2.24, 2.45) is 0 Å². The second kappa shape index (κ2) is 6.10. The van der Waals surface area contributed by atoms with Gasteiger partial charge in [-0.25, -0.2) is 4.98 Å². The smallest absolute Gasteiger partial charge is 0.142 e. The van der Waals surface area contributed by atoms with Crippen LogP contribution >= 0.6 is 12.2 Å². The average molecular weight is 298 g/mol. The maximum absolute atomic E-state index is 5.58. The van der Waals surface area contributed by atoms with Gasteiger partial charge in [-0.05, 0) is 39.0 Å². The molecule has 1 aliphatic carbocycles. The lowest BCUT2D eigenvalue weighted by Crippen LogP contribution is -2.20. The molecule has 1 unspecified atom stereocenters. The minimum Gasteiger partial charge on any atom is -0.326 e. The third kappa shape index (κ3) is 2.67. The van der Waals surface area contributed by atoms with Crippen LogP contribution in [0.3, 0.4) is 0 Å². The fourth-order valence-corrected chi connectivity index (χ4v) is 3.49. The lowest BCUT2D eigenvalue weighted by atomic mass is 9.95. The first-order valence-electron chi connectivity index (χ1n) is 7.92. The highest BCUT2D eigenvalue weighted by molar-refractivity contribution is 7.71. The van der Waals surface area contributed by atoms with Crippen LogP contribution in [0.15, 0.2) is 30.3 Å². The number of benzene rings is 1. The van der Waals surface area contributed by atoms with Crippen LogP contribution in [0, 0.1) is 4.64 Å². The second-order valence-electron chi connectivity index (χ2n) is 5.87. The molecule has 0 aliphatic heterocycles. The van der Waals surface area contributed by atoms with E-state index in [0.29, 0.717) is 6.04 Å². The van der Waals surface area contributed by atoms with Gasteiger partial charge in [0.05, 0.1) is 0 Å². The van der Waals surface area contributed by atoms with Gasteiger partial charge in [0.25, 0.3) is 0 Å². The van der Waals surface area contributed by atoms with Crippen LogP contribution in [0.1, 0.15) is 50.4 Å². The third-order valence-corrected chi connectivity index (χ3v) is 4.82. The van der Waals surface area contributed by atoms with Crippen molar-refractivity contribution >= 4 is 12.2 Å². The Morgan fingerprint density at radius 1 is 1.19 bits per heavy atom. The number of hydrogen-bond acceptors (Lipinski definition) is 2. The van der Waals surface area contributed by atoms with Crippen molar-refractivity contribution in [1.82, 2.24) is 9.55 Å². The number of rotatable bonds is 3. The first kappa shape index (κ1) is 14.5. The Morgan fingerprint density at radius 2 is 1.90 bits per heavy atom. The quantitative estimate of drug-likeness (QED) is 0.731. The van der Waals surface area contributed by atoms with Crippen LogP contribution in [-0.2, 0) is 12.8 Å². The van der Waals surface area contributed by atoms with Crippen molar-refractivity contribution in [2.75, 3.05) is 0 Å². The molecule has 110 valence electrons. The summed E-state index contributed by atoms with van der Waals surface area (Å²) in [6.45, 7) is 4.52. The molecule has 1 aromatic heterocycles. The molecule has 0 bridgehead atoms. The SMILES string of the molecule is CCC(C)n1c(-c2ccccc2)nc(=S)c2c1CCCC2. The average Bonchev–Trinajstić information content (AvgIpc) is 2.55. The van der Waals surface area contributed by atoms with E-state index in [1.165, 1.54) is 24.1 Å². The molecule has 1 heterocycles. The van der Waals surface area contributed by atoms with Crippen molar-refractivity contribution in [1.29, 1.82) is 0 Å². The van der Waals surface area contributed by atoms with Gasteiger partial charge in [0, 0.05) is 22.9 Å². The van der Waals surface area contributed by atoms with E-state index < -0.39 is 0 Å². The molecule has 2 nitrogen and oxygen atoms in total. The first-order chi connectivity index (χ1) is 10.2. The van der Waals surface area contributed by atoms with E-state index in [0.717, 1.165) is 35.3 Å². The zero-order valence-corrected chi connectivity index (χ0v) is 13.6. The summed E-state index contributed by atoms with van der Waals surface area (Å²) < 4.78 is 3.25. The molecule has 0 N–H and O–H groups in total. The van der Waals surface area contributed by atoms with Crippen molar-refractivity contribution in [2.45, 2.75) is 52.0 Å². The van der Waals surface area contributed by atoms with Crippen LogP contribution in [0.5, 0.6) is 0 Å². The van der Waals surface area contributed by atoms with Crippen molar-refractivity contribution in [3.05, 3.63) is 46.2 Å². The molecule has 21 heavy (non-hydrogen) atoms. The van der Waals surface area contributed by atoms with Crippen LogP contribution in [-0.4, -0.2) is 9.55 Å². The summed E-state index contributed by atoms with van der Waals surface area (Å²) in [6, 6.07) is 10.9. The normalized spacial score (nSPS) is 15.5. The Hall–Kier alpha value is -1.48. The Bertz CT molecular complexity index is 688. The van der Waals surface area contributed by atoms with Crippen molar-refractivity contribution in [3.63, 3.8) is 0 Å². The van der Waals surface area contributed by atoms with Gasteiger partial charge < -0.3 is 4.57 Å². The number of nitrogens with zero attached hydrogens (tertiary/aromatic N) is 2. The van der Waals surface area contributed by atoms with E-state index in [1.54, 1.807) is 0 Å². The van der Waals surface area contributed by atoms with Gasteiger partial charge in [0.2, 0.25) is 0 Å². The van der Waals surface area contributed by atoms with Crippen molar-refractivity contribution < 1.29 is 0 Å². The van der Waals surface area contributed by atoms with Gasteiger partial charge in [0.15, 0.2) is 0 Å². The second-order valence-corrected chi connectivity index (χ2v) is 6.25. The maximum Gasteiger partial charge on any atom is 0.142 e. The van der Waals surface area contributed by atoms with Crippen LogP contribution < -0.4 is 0 Å². The Morgan fingerprint density at radius 3 is 2.62 bits per heavy atom. The van der Waals surface area contributed by atoms with Gasteiger partial charge in [-0.3, -0.25) is 0 Å². The molecule has 1 aromatic carbocycles. The molecule has 0 fully saturated rings. The minimum absolute atomic E-state index is 0.454. The van der Waals surface area contributed by atoms with Crippen LogP contribution in [0.25, 0.3) is 11.4 Å². The molecule has 2 aromatic rings. The topological polar surface area (TPSA) is 17.8 Å². The fourth-order valence-electron chi connectivity index (χ4n) is 3.18. The van der Waals surface area contributed by atoms with E-state index >= 15 is 0 Å². The lowest BCUT2D eigenvalue weighted by Gasteiger charge is -2.28. The Labute approximate surface area is 131 Å². The third-order valence-electron chi connectivity index (χ3n) is 4.49. The summed E-state index contributed by atoms with van der Waals surface area (Å²) in [5.41, 5.74) is 3.91. The van der Waals surface area contributed by atoms with Gasteiger partial charge in [-0.15, -0.1) is 0 Å². The predicted molar refractivity (Wildman–Crippen MR) is 90.1 cm³/mol. The number of aromatic nitrogens is 2. The van der Waals surface area contributed by atoms with Gasteiger partial charge >= 0.3 is 0 Å². The summed E-state index contributed by atoms with van der Waals surface area (Å²) in [5.74, 6) is 1.04. The van der Waals surface area contributed by atoms with E-state index in [2.05, 4.69) is 42.7 Å². The molecule has 1 aliphatic rings. The molecular formula is C18H22N2S. The zero-order chi connectivity index (χ0) is 14.8. The highest BCUT2D eigenvalue weighted by Crippen LogP contribution is 2.30. The standard InChI is InChI=1S/C18H22N2S/c1-3-13(2)20-16-12-8-7-11-15(16)18(21)19-17(20)14-9-5-4-6-10-14/h4-6,9-10,13H,3,7-8,11-12H2,1-2H3. The van der Waals surface area contributed by atoms with E-state index in [9.17, 15) is 0 Å². The van der Waals surface area contributed by atoms with Crippen molar-refractivity contribution in [3.8, 4) is 11.4 Å². The maximum atomic E-state index is 5.58. The molecule has 0 radical (unpaired) electrons. The minimum atomic E-state index is 0.454. The fraction of sp³-hybridized carbons (Fsp3) is 0.444. The van der Waals surface area contributed by atoms with Crippen LogP contribution in [0.2, 0.25) is 0 Å². The molecule has 3 heteroatoms. The van der Waals surface area contributed by atoms with E-state index in [1.807, 2.05) is 6.07 Å². The highest BCUT2D eigenvalue weighted by Gasteiger charge is 2.21. The summed E-state index contributed by atoms with van der Waals surface area (Å²) in [5, 5.41) is 0. The molecule has 0 saturated heterocycles. The molecular weight excluding hydrogens is 276 g/mol. The Balaban J connectivity index is 2.28. The molecule has 3 rings (SSSR count). The van der Waals surface area contributed by atoms with E-state index in [-0.39, 0.29) is 0 Å². The molecule has 0 saturated carbocycles. The van der Waals surface area contributed by atoms with Gasteiger partial charge in [-0.2, -0.15) is 0 Å². The molecule has 0 amide bonds.